The standard InChI is InChI=1S/C10H7Cl2NO/c11-5-8-6-13-14-10(8)7-2-1-3-9(12)4-7/h1-4,6H,5H2. The van der Waals surface area contributed by atoms with E-state index in [-0.39, 0.29) is 0 Å². The smallest absolute Gasteiger partial charge is 0.171 e. The van der Waals surface area contributed by atoms with Crippen LogP contribution in [0.3, 0.4) is 0 Å². The van der Waals surface area contributed by atoms with E-state index in [0.717, 1.165) is 11.1 Å². The molecule has 0 fully saturated rings. The quantitative estimate of drug-likeness (QED) is 0.732. The minimum Gasteiger partial charge on any atom is -0.356 e. The molecule has 2 rings (SSSR count). The molecule has 0 bridgehead atoms. The lowest BCUT2D eigenvalue weighted by atomic mass is 10.1. The van der Waals surface area contributed by atoms with E-state index in [9.17, 15) is 0 Å². The molecule has 0 aliphatic carbocycles. The molecule has 0 aliphatic heterocycles. The van der Waals surface area contributed by atoms with Crippen LogP contribution in [0, 0.1) is 0 Å². The first-order chi connectivity index (χ1) is 6.81. The van der Waals surface area contributed by atoms with Crippen LogP contribution in [0.2, 0.25) is 5.02 Å². The topological polar surface area (TPSA) is 26.0 Å². The Morgan fingerprint density at radius 1 is 1.36 bits per heavy atom. The van der Waals surface area contributed by atoms with Gasteiger partial charge in [-0.25, -0.2) is 0 Å². The van der Waals surface area contributed by atoms with E-state index in [4.69, 9.17) is 27.7 Å². The maximum atomic E-state index is 5.86. The number of halogens is 2. The van der Waals surface area contributed by atoms with Gasteiger partial charge < -0.3 is 4.52 Å². The number of benzene rings is 1. The molecular weight excluding hydrogens is 221 g/mol. The SMILES string of the molecule is ClCc1cnoc1-c1cccc(Cl)c1. The second-order valence-corrected chi connectivity index (χ2v) is 3.53. The van der Waals surface area contributed by atoms with Crippen molar-refractivity contribution in [1.82, 2.24) is 5.16 Å². The van der Waals surface area contributed by atoms with Crippen LogP contribution in [0.4, 0.5) is 0 Å². The first kappa shape index (κ1) is 9.56. The molecule has 0 saturated heterocycles. The molecule has 1 aromatic heterocycles. The molecule has 1 heterocycles. The summed E-state index contributed by atoms with van der Waals surface area (Å²) in [7, 11) is 0. The predicted octanol–water partition coefficient (Wildman–Crippen LogP) is 3.73. The van der Waals surface area contributed by atoms with Gasteiger partial charge in [-0.3, -0.25) is 0 Å². The fourth-order valence-corrected chi connectivity index (χ4v) is 1.60. The van der Waals surface area contributed by atoms with Crippen LogP contribution in [0.15, 0.2) is 35.0 Å². The van der Waals surface area contributed by atoms with Crippen molar-refractivity contribution >= 4 is 23.2 Å². The number of nitrogens with zero attached hydrogens (tertiary/aromatic N) is 1. The average molecular weight is 228 g/mol. The molecule has 0 radical (unpaired) electrons. The molecule has 14 heavy (non-hydrogen) atoms. The molecule has 4 heteroatoms. The van der Waals surface area contributed by atoms with Gasteiger partial charge >= 0.3 is 0 Å². The van der Waals surface area contributed by atoms with Crippen LogP contribution in [-0.4, -0.2) is 5.16 Å². The van der Waals surface area contributed by atoms with Crippen LogP contribution in [0.25, 0.3) is 11.3 Å². The first-order valence-corrected chi connectivity index (χ1v) is 4.98. The first-order valence-electron chi connectivity index (χ1n) is 4.06. The van der Waals surface area contributed by atoms with Crippen molar-refractivity contribution in [2.75, 3.05) is 0 Å². The Morgan fingerprint density at radius 3 is 2.93 bits per heavy atom. The maximum Gasteiger partial charge on any atom is 0.171 e. The van der Waals surface area contributed by atoms with Crippen molar-refractivity contribution in [3.05, 3.63) is 41.0 Å². The Balaban J connectivity index is 2.49. The molecule has 0 amide bonds. The number of aromatic nitrogens is 1. The van der Waals surface area contributed by atoms with Gasteiger partial charge in [-0.15, -0.1) is 11.6 Å². The molecule has 0 atom stereocenters. The third kappa shape index (κ3) is 1.76. The van der Waals surface area contributed by atoms with E-state index in [1.165, 1.54) is 0 Å². The zero-order valence-corrected chi connectivity index (χ0v) is 8.72. The van der Waals surface area contributed by atoms with E-state index in [2.05, 4.69) is 5.16 Å². The molecule has 2 aromatic rings. The molecule has 0 unspecified atom stereocenters. The zero-order chi connectivity index (χ0) is 9.97. The van der Waals surface area contributed by atoms with Gasteiger partial charge in [0.25, 0.3) is 0 Å². The highest BCUT2D eigenvalue weighted by Crippen LogP contribution is 2.26. The monoisotopic (exact) mass is 227 g/mol. The molecular formula is C10H7Cl2NO. The predicted molar refractivity (Wildman–Crippen MR) is 56.5 cm³/mol. The van der Waals surface area contributed by atoms with Crippen molar-refractivity contribution in [3.63, 3.8) is 0 Å². The number of hydrogen-bond donors (Lipinski definition) is 0. The van der Waals surface area contributed by atoms with Crippen LogP contribution in [0.5, 0.6) is 0 Å². The molecule has 72 valence electrons. The van der Waals surface area contributed by atoms with E-state index >= 15 is 0 Å². The summed E-state index contributed by atoms with van der Waals surface area (Å²) in [6.45, 7) is 0. The normalized spacial score (nSPS) is 10.4. The summed E-state index contributed by atoms with van der Waals surface area (Å²) in [6.07, 6.45) is 1.61. The van der Waals surface area contributed by atoms with E-state index in [0.29, 0.717) is 16.7 Å². The number of hydrogen-bond acceptors (Lipinski definition) is 2. The van der Waals surface area contributed by atoms with Gasteiger partial charge in [0.05, 0.1) is 12.1 Å². The van der Waals surface area contributed by atoms with Gasteiger partial charge in [0.2, 0.25) is 0 Å². The fraction of sp³-hybridized carbons (Fsp3) is 0.100. The lowest BCUT2D eigenvalue weighted by molar-refractivity contribution is 0.432. The van der Waals surface area contributed by atoms with Gasteiger partial charge in [-0.05, 0) is 12.1 Å². The summed E-state index contributed by atoms with van der Waals surface area (Å²) in [5, 5.41) is 4.36. The van der Waals surface area contributed by atoms with E-state index in [1.54, 1.807) is 6.20 Å². The largest absolute Gasteiger partial charge is 0.356 e. The van der Waals surface area contributed by atoms with Crippen LogP contribution >= 0.6 is 23.2 Å². The number of alkyl halides is 1. The summed E-state index contributed by atoms with van der Waals surface area (Å²) < 4.78 is 5.10. The zero-order valence-electron chi connectivity index (χ0n) is 7.21. The highest BCUT2D eigenvalue weighted by atomic mass is 35.5. The lowest BCUT2D eigenvalue weighted by Gasteiger charge is -1.98. The van der Waals surface area contributed by atoms with Crippen molar-refractivity contribution in [3.8, 4) is 11.3 Å². The minimum absolute atomic E-state index is 0.380. The summed E-state index contributed by atoms with van der Waals surface area (Å²) in [5.74, 6) is 1.06. The summed E-state index contributed by atoms with van der Waals surface area (Å²) in [5.41, 5.74) is 1.76. The van der Waals surface area contributed by atoms with Gasteiger partial charge in [0, 0.05) is 16.1 Å². The van der Waals surface area contributed by atoms with Crippen molar-refractivity contribution in [2.45, 2.75) is 5.88 Å². The van der Waals surface area contributed by atoms with Gasteiger partial charge in [0.15, 0.2) is 5.76 Å². The summed E-state index contributed by atoms with van der Waals surface area (Å²) >= 11 is 11.6. The minimum atomic E-state index is 0.380. The molecule has 0 aliphatic rings. The highest BCUT2D eigenvalue weighted by molar-refractivity contribution is 6.30. The van der Waals surface area contributed by atoms with E-state index < -0.39 is 0 Å². The fourth-order valence-electron chi connectivity index (χ4n) is 1.22. The Bertz CT molecular complexity index is 439. The molecule has 0 saturated carbocycles. The van der Waals surface area contributed by atoms with Crippen LogP contribution in [-0.2, 0) is 5.88 Å². The van der Waals surface area contributed by atoms with Crippen molar-refractivity contribution in [1.29, 1.82) is 0 Å². The average Bonchev–Trinajstić information content (AvgIpc) is 2.65. The third-order valence-corrected chi connectivity index (χ3v) is 2.40. The van der Waals surface area contributed by atoms with Crippen molar-refractivity contribution in [2.24, 2.45) is 0 Å². The molecule has 2 nitrogen and oxygen atoms in total. The summed E-state index contributed by atoms with van der Waals surface area (Å²) in [6, 6.07) is 7.39. The second kappa shape index (κ2) is 4.03. The lowest BCUT2D eigenvalue weighted by Crippen LogP contribution is -1.79. The Kier molecular flexibility index (Phi) is 2.75. The molecule has 0 N–H and O–H groups in total. The van der Waals surface area contributed by atoms with Gasteiger partial charge in [-0.1, -0.05) is 28.9 Å². The molecule has 0 spiro atoms. The highest BCUT2D eigenvalue weighted by Gasteiger charge is 2.09. The Hall–Kier alpha value is -0.990. The Labute approximate surface area is 91.4 Å². The van der Waals surface area contributed by atoms with Crippen LogP contribution < -0.4 is 0 Å². The molecule has 1 aromatic carbocycles. The van der Waals surface area contributed by atoms with E-state index in [1.807, 2.05) is 24.3 Å². The van der Waals surface area contributed by atoms with Gasteiger partial charge in [0.1, 0.15) is 0 Å². The summed E-state index contributed by atoms with van der Waals surface area (Å²) in [4.78, 5) is 0. The third-order valence-electron chi connectivity index (χ3n) is 1.87. The van der Waals surface area contributed by atoms with Gasteiger partial charge in [-0.2, -0.15) is 0 Å². The second-order valence-electron chi connectivity index (χ2n) is 2.82. The Morgan fingerprint density at radius 2 is 2.21 bits per heavy atom. The van der Waals surface area contributed by atoms with Crippen molar-refractivity contribution < 1.29 is 4.52 Å². The van der Waals surface area contributed by atoms with Crippen LogP contribution in [0.1, 0.15) is 5.56 Å². The maximum absolute atomic E-state index is 5.86. The number of rotatable bonds is 2.